The topological polar surface area (TPSA) is 44.7 Å². The first-order chi connectivity index (χ1) is 8.61. The number of hydrogen-bond acceptors (Lipinski definition) is 5. The van der Waals surface area contributed by atoms with E-state index in [9.17, 15) is 5.11 Å². The fraction of sp³-hybridized carbons (Fsp3) is 0.769. The molecule has 104 valence electrons. The molecule has 1 atom stereocenters. The van der Waals surface area contributed by atoms with Gasteiger partial charge in [0, 0.05) is 13.1 Å². The Bertz CT molecular complexity index is 314. The third kappa shape index (κ3) is 4.02. The summed E-state index contributed by atoms with van der Waals surface area (Å²) in [5, 5.41) is 12.6. The van der Waals surface area contributed by atoms with Gasteiger partial charge < -0.3 is 20.1 Å². The van der Waals surface area contributed by atoms with E-state index in [0.29, 0.717) is 11.5 Å². The van der Waals surface area contributed by atoms with Crippen molar-refractivity contribution in [2.75, 3.05) is 39.4 Å². The minimum atomic E-state index is -0.522. The third-order valence-corrected chi connectivity index (χ3v) is 3.72. The Morgan fingerprint density at radius 3 is 2.56 bits per heavy atom. The van der Waals surface area contributed by atoms with E-state index in [-0.39, 0.29) is 0 Å². The molecule has 0 radical (unpaired) electrons. The number of ether oxygens (including phenoxy) is 1. The second-order valence-electron chi connectivity index (χ2n) is 4.39. The summed E-state index contributed by atoms with van der Waals surface area (Å²) in [5.41, 5.74) is 1.85. The number of rotatable bonds is 9. The molecule has 2 N–H and O–H groups in total. The molecule has 1 aliphatic carbocycles. The van der Waals surface area contributed by atoms with Crippen molar-refractivity contribution in [2.45, 2.75) is 26.9 Å². The highest BCUT2D eigenvalue weighted by atomic mass is 32.1. The molecule has 1 aliphatic rings. The fourth-order valence-corrected chi connectivity index (χ4v) is 2.31. The SMILES string of the molecule is CCN(CC)CCOCCNC1=C(C)C(O)C1=S. The van der Waals surface area contributed by atoms with E-state index in [0.717, 1.165) is 44.1 Å². The summed E-state index contributed by atoms with van der Waals surface area (Å²) in [4.78, 5) is 2.95. The first kappa shape index (κ1) is 15.6. The van der Waals surface area contributed by atoms with Crippen LogP contribution in [0.4, 0.5) is 0 Å². The number of nitrogens with zero attached hydrogens (tertiary/aromatic N) is 1. The van der Waals surface area contributed by atoms with Crippen molar-refractivity contribution < 1.29 is 9.84 Å². The zero-order valence-corrected chi connectivity index (χ0v) is 12.3. The Hall–Kier alpha value is -0.490. The molecule has 5 heteroatoms. The molecular formula is C13H24N2O2S. The van der Waals surface area contributed by atoms with Gasteiger partial charge in [-0.1, -0.05) is 26.1 Å². The van der Waals surface area contributed by atoms with Crippen LogP contribution in [0.2, 0.25) is 0 Å². The molecule has 18 heavy (non-hydrogen) atoms. The summed E-state index contributed by atoms with van der Waals surface area (Å²) in [6, 6.07) is 0. The zero-order valence-electron chi connectivity index (χ0n) is 11.5. The number of aliphatic hydroxyl groups excluding tert-OH is 1. The van der Waals surface area contributed by atoms with Crippen molar-refractivity contribution in [3.8, 4) is 0 Å². The average Bonchev–Trinajstić information content (AvgIpc) is 2.41. The Kier molecular flexibility index (Phi) is 6.78. The molecule has 0 saturated carbocycles. The summed E-state index contributed by atoms with van der Waals surface area (Å²) in [7, 11) is 0. The van der Waals surface area contributed by atoms with E-state index in [4.69, 9.17) is 17.0 Å². The molecule has 0 heterocycles. The van der Waals surface area contributed by atoms with E-state index in [1.165, 1.54) is 0 Å². The Labute approximate surface area is 115 Å². The van der Waals surface area contributed by atoms with Crippen LogP contribution in [0.15, 0.2) is 11.3 Å². The minimum absolute atomic E-state index is 0.522. The van der Waals surface area contributed by atoms with E-state index in [2.05, 4.69) is 24.1 Å². The lowest BCUT2D eigenvalue weighted by Crippen LogP contribution is -2.41. The van der Waals surface area contributed by atoms with Gasteiger partial charge in [0.1, 0.15) is 6.10 Å². The van der Waals surface area contributed by atoms with Crippen LogP contribution in [0.5, 0.6) is 0 Å². The van der Waals surface area contributed by atoms with Crippen LogP contribution >= 0.6 is 12.2 Å². The molecule has 1 unspecified atom stereocenters. The maximum absolute atomic E-state index is 9.44. The predicted octanol–water partition coefficient (Wildman–Crippen LogP) is 0.953. The molecule has 0 fully saturated rings. The smallest absolute Gasteiger partial charge is 0.114 e. The monoisotopic (exact) mass is 272 g/mol. The molecule has 0 aromatic rings. The largest absolute Gasteiger partial charge is 0.383 e. The first-order valence-electron chi connectivity index (χ1n) is 6.58. The van der Waals surface area contributed by atoms with Crippen LogP contribution in [0.1, 0.15) is 20.8 Å². The van der Waals surface area contributed by atoms with Crippen molar-refractivity contribution in [3.05, 3.63) is 11.3 Å². The highest BCUT2D eigenvalue weighted by molar-refractivity contribution is 7.81. The second kappa shape index (κ2) is 7.84. The van der Waals surface area contributed by atoms with E-state index >= 15 is 0 Å². The summed E-state index contributed by atoms with van der Waals surface area (Å²) in [6.45, 7) is 11.5. The molecule has 0 aromatic heterocycles. The third-order valence-electron chi connectivity index (χ3n) is 3.29. The van der Waals surface area contributed by atoms with Gasteiger partial charge in [-0.2, -0.15) is 0 Å². The van der Waals surface area contributed by atoms with Gasteiger partial charge in [-0.05, 0) is 25.6 Å². The van der Waals surface area contributed by atoms with Crippen LogP contribution in [-0.4, -0.2) is 60.4 Å². The predicted molar refractivity (Wildman–Crippen MR) is 77.9 cm³/mol. The number of thiocarbonyl (C=S) groups is 1. The average molecular weight is 272 g/mol. The molecule has 1 rings (SSSR count). The van der Waals surface area contributed by atoms with Crippen LogP contribution in [0.3, 0.4) is 0 Å². The normalized spacial score (nSPS) is 19.4. The van der Waals surface area contributed by atoms with Crippen LogP contribution < -0.4 is 5.32 Å². The minimum Gasteiger partial charge on any atom is -0.383 e. The number of likely N-dealkylation sites (N-methyl/N-ethyl adjacent to an activating group) is 1. The lowest BCUT2D eigenvalue weighted by atomic mass is 9.92. The van der Waals surface area contributed by atoms with E-state index in [1.54, 1.807) is 0 Å². The molecule has 0 aliphatic heterocycles. The number of nitrogens with one attached hydrogen (secondary N) is 1. The van der Waals surface area contributed by atoms with Gasteiger partial charge >= 0.3 is 0 Å². The van der Waals surface area contributed by atoms with Crippen molar-refractivity contribution in [3.63, 3.8) is 0 Å². The van der Waals surface area contributed by atoms with Crippen LogP contribution in [0.25, 0.3) is 0 Å². The summed E-state index contributed by atoms with van der Waals surface area (Å²) >= 11 is 5.05. The maximum Gasteiger partial charge on any atom is 0.114 e. The molecule has 0 bridgehead atoms. The second-order valence-corrected chi connectivity index (χ2v) is 4.83. The van der Waals surface area contributed by atoms with Crippen LogP contribution in [-0.2, 0) is 4.74 Å². The molecule has 0 saturated heterocycles. The highest BCUT2D eigenvalue weighted by Crippen LogP contribution is 2.23. The lowest BCUT2D eigenvalue weighted by molar-refractivity contribution is 0.110. The van der Waals surface area contributed by atoms with Gasteiger partial charge in [0.15, 0.2) is 0 Å². The van der Waals surface area contributed by atoms with Gasteiger partial charge in [-0.15, -0.1) is 0 Å². The Morgan fingerprint density at radius 2 is 2.00 bits per heavy atom. The molecule has 4 nitrogen and oxygen atoms in total. The van der Waals surface area contributed by atoms with Gasteiger partial charge in [0.05, 0.1) is 23.8 Å². The number of aliphatic hydroxyl groups is 1. The van der Waals surface area contributed by atoms with Gasteiger partial charge in [0.25, 0.3) is 0 Å². The van der Waals surface area contributed by atoms with Gasteiger partial charge in [0.2, 0.25) is 0 Å². The molecule has 0 spiro atoms. The fourth-order valence-electron chi connectivity index (χ4n) is 1.90. The van der Waals surface area contributed by atoms with Crippen molar-refractivity contribution in [1.82, 2.24) is 10.2 Å². The highest BCUT2D eigenvalue weighted by Gasteiger charge is 2.30. The summed E-state index contributed by atoms with van der Waals surface area (Å²) in [5.74, 6) is 0. The number of hydrogen-bond donors (Lipinski definition) is 2. The first-order valence-corrected chi connectivity index (χ1v) is 6.99. The van der Waals surface area contributed by atoms with E-state index in [1.807, 2.05) is 6.92 Å². The van der Waals surface area contributed by atoms with Crippen LogP contribution in [0, 0.1) is 0 Å². The van der Waals surface area contributed by atoms with Crippen molar-refractivity contribution >= 4 is 17.1 Å². The Morgan fingerprint density at radius 1 is 1.33 bits per heavy atom. The Balaban J connectivity index is 2.05. The van der Waals surface area contributed by atoms with E-state index < -0.39 is 6.10 Å². The molecule has 0 amide bonds. The van der Waals surface area contributed by atoms with Gasteiger partial charge in [-0.3, -0.25) is 0 Å². The standard InChI is InChI=1S/C13H24N2O2S/c1-4-15(5-2)7-9-17-8-6-14-11-10(3)12(16)13(11)18/h12,14,16H,4-9H2,1-3H3. The summed E-state index contributed by atoms with van der Waals surface area (Å²) in [6.07, 6.45) is -0.522. The molecular weight excluding hydrogens is 248 g/mol. The quantitative estimate of drug-likeness (QED) is 0.483. The zero-order chi connectivity index (χ0) is 13.5. The maximum atomic E-state index is 9.44. The van der Waals surface area contributed by atoms with Crippen molar-refractivity contribution in [2.24, 2.45) is 0 Å². The van der Waals surface area contributed by atoms with Gasteiger partial charge in [-0.25, -0.2) is 0 Å². The summed E-state index contributed by atoms with van der Waals surface area (Å²) < 4.78 is 5.55. The van der Waals surface area contributed by atoms with Crippen molar-refractivity contribution in [1.29, 1.82) is 0 Å². The lowest BCUT2D eigenvalue weighted by Gasteiger charge is -2.29. The molecule has 0 aromatic carbocycles.